The highest BCUT2D eigenvalue weighted by molar-refractivity contribution is 5.80. The molecular formula is C16H25N5O. The van der Waals surface area contributed by atoms with E-state index in [9.17, 15) is 4.79 Å². The summed E-state index contributed by atoms with van der Waals surface area (Å²) in [5, 5.41) is 6.16. The molecule has 2 heterocycles. The van der Waals surface area contributed by atoms with Crippen LogP contribution in [0.25, 0.3) is 0 Å². The zero-order valence-corrected chi connectivity index (χ0v) is 13.3. The molecule has 0 bridgehead atoms. The Hall–Kier alpha value is -1.85. The number of hydrogen-bond donors (Lipinski definition) is 2. The first kappa shape index (κ1) is 15.1. The van der Waals surface area contributed by atoms with Crippen molar-refractivity contribution in [2.75, 3.05) is 36.4 Å². The maximum absolute atomic E-state index is 11.6. The molecule has 0 aromatic carbocycles. The van der Waals surface area contributed by atoms with Gasteiger partial charge in [0.25, 0.3) is 0 Å². The lowest BCUT2D eigenvalue weighted by Gasteiger charge is -2.28. The summed E-state index contributed by atoms with van der Waals surface area (Å²) in [5.74, 6) is 2.11. The minimum atomic E-state index is 0.181. The normalized spacial score (nSPS) is 18.1. The average Bonchev–Trinajstić information content (AvgIpc) is 3.37. The van der Waals surface area contributed by atoms with Gasteiger partial charge in [-0.05, 0) is 39.0 Å². The molecule has 0 radical (unpaired) electrons. The molecule has 0 spiro atoms. The first-order valence-electron chi connectivity index (χ1n) is 8.34. The Morgan fingerprint density at radius 1 is 1.23 bits per heavy atom. The largest absolute Gasteiger partial charge is 0.356 e. The van der Waals surface area contributed by atoms with Gasteiger partial charge in [-0.15, -0.1) is 0 Å². The molecule has 22 heavy (non-hydrogen) atoms. The Balaban J connectivity index is 1.51. The van der Waals surface area contributed by atoms with Crippen LogP contribution in [0.15, 0.2) is 6.07 Å². The van der Waals surface area contributed by atoms with Crippen molar-refractivity contribution < 1.29 is 4.79 Å². The molecule has 2 fully saturated rings. The van der Waals surface area contributed by atoms with Crippen LogP contribution in [-0.2, 0) is 4.79 Å². The van der Waals surface area contributed by atoms with E-state index in [2.05, 4.69) is 25.5 Å². The van der Waals surface area contributed by atoms with Crippen LogP contribution in [-0.4, -0.2) is 42.1 Å². The number of rotatable bonds is 6. The van der Waals surface area contributed by atoms with Crippen LogP contribution in [0.5, 0.6) is 0 Å². The van der Waals surface area contributed by atoms with E-state index in [1.165, 1.54) is 19.3 Å². The lowest BCUT2D eigenvalue weighted by atomic mass is 10.1. The van der Waals surface area contributed by atoms with Crippen LogP contribution in [0.4, 0.5) is 11.8 Å². The van der Waals surface area contributed by atoms with Gasteiger partial charge in [-0.1, -0.05) is 0 Å². The number of hydrogen-bond acceptors (Lipinski definition) is 5. The molecule has 6 nitrogen and oxygen atoms in total. The van der Waals surface area contributed by atoms with Gasteiger partial charge in [-0.25, -0.2) is 4.98 Å². The second kappa shape index (κ2) is 6.94. The number of carbonyl (C=O) groups is 1. The second-order valence-corrected chi connectivity index (χ2v) is 6.23. The van der Waals surface area contributed by atoms with Gasteiger partial charge in [0, 0.05) is 43.9 Å². The first-order chi connectivity index (χ1) is 10.7. The third kappa shape index (κ3) is 4.08. The molecule has 1 aliphatic carbocycles. The molecule has 6 heteroatoms. The van der Waals surface area contributed by atoms with Gasteiger partial charge in [-0.3, -0.25) is 4.79 Å². The quantitative estimate of drug-likeness (QED) is 0.783. The number of nitrogens with zero attached hydrogens (tertiary/aromatic N) is 3. The third-order valence-electron chi connectivity index (χ3n) is 4.18. The van der Waals surface area contributed by atoms with Crippen LogP contribution < -0.4 is 15.5 Å². The fraction of sp³-hybridized carbons (Fsp3) is 0.688. The summed E-state index contributed by atoms with van der Waals surface area (Å²) in [7, 11) is 0. The number of amides is 1. The van der Waals surface area contributed by atoms with Crippen molar-refractivity contribution in [3.05, 3.63) is 11.8 Å². The summed E-state index contributed by atoms with van der Waals surface area (Å²) in [6.07, 6.45) is 5.86. The van der Waals surface area contributed by atoms with Crippen LogP contribution in [0.1, 0.15) is 37.8 Å². The van der Waals surface area contributed by atoms with Crippen molar-refractivity contribution in [3.63, 3.8) is 0 Å². The van der Waals surface area contributed by atoms with E-state index >= 15 is 0 Å². The molecule has 2 N–H and O–H groups in total. The smallest absolute Gasteiger partial charge is 0.224 e. The van der Waals surface area contributed by atoms with E-state index in [0.29, 0.717) is 19.0 Å². The SMILES string of the molecule is Cc1cc(N2CCCCC2)nc(NCCNC(=O)C2CC2)n1. The predicted octanol–water partition coefficient (Wildman–Crippen LogP) is 1.71. The fourth-order valence-corrected chi connectivity index (χ4v) is 2.77. The van der Waals surface area contributed by atoms with Crippen molar-refractivity contribution >= 4 is 17.7 Å². The molecule has 120 valence electrons. The van der Waals surface area contributed by atoms with E-state index in [-0.39, 0.29) is 11.8 Å². The van der Waals surface area contributed by atoms with E-state index < -0.39 is 0 Å². The van der Waals surface area contributed by atoms with Gasteiger partial charge in [0.15, 0.2) is 0 Å². The van der Waals surface area contributed by atoms with Gasteiger partial charge < -0.3 is 15.5 Å². The molecule has 1 saturated heterocycles. The Morgan fingerprint density at radius 2 is 2.00 bits per heavy atom. The summed E-state index contributed by atoms with van der Waals surface area (Å²) < 4.78 is 0. The zero-order chi connectivity index (χ0) is 15.4. The van der Waals surface area contributed by atoms with Gasteiger partial charge in [-0.2, -0.15) is 4.98 Å². The molecular weight excluding hydrogens is 278 g/mol. The number of aryl methyl sites for hydroxylation is 1. The highest BCUT2D eigenvalue weighted by Crippen LogP contribution is 2.28. The lowest BCUT2D eigenvalue weighted by molar-refractivity contribution is -0.122. The van der Waals surface area contributed by atoms with E-state index in [4.69, 9.17) is 0 Å². The van der Waals surface area contributed by atoms with E-state index in [1.54, 1.807) is 0 Å². The van der Waals surface area contributed by atoms with Crippen LogP contribution >= 0.6 is 0 Å². The zero-order valence-electron chi connectivity index (χ0n) is 13.3. The lowest BCUT2D eigenvalue weighted by Crippen LogP contribution is -2.31. The number of nitrogens with one attached hydrogen (secondary N) is 2. The predicted molar refractivity (Wildman–Crippen MR) is 87.1 cm³/mol. The fourth-order valence-electron chi connectivity index (χ4n) is 2.77. The maximum atomic E-state index is 11.6. The molecule has 2 aliphatic rings. The van der Waals surface area contributed by atoms with Gasteiger partial charge in [0.2, 0.25) is 11.9 Å². The highest BCUT2D eigenvalue weighted by Gasteiger charge is 2.28. The first-order valence-corrected chi connectivity index (χ1v) is 8.34. The van der Waals surface area contributed by atoms with Gasteiger partial charge >= 0.3 is 0 Å². The minimum absolute atomic E-state index is 0.181. The van der Waals surface area contributed by atoms with Crippen molar-refractivity contribution in [2.45, 2.75) is 39.0 Å². The van der Waals surface area contributed by atoms with Crippen molar-refractivity contribution in [2.24, 2.45) is 5.92 Å². The maximum Gasteiger partial charge on any atom is 0.224 e. The molecule has 1 amide bonds. The van der Waals surface area contributed by atoms with Crippen LogP contribution in [0.3, 0.4) is 0 Å². The van der Waals surface area contributed by atoms with Crippen molar-refractivity contribution in [1.82, 2.24) is 15.3 Å². The van der Waals surface area contributed by atoms with Crippen molar-refractivity contribution in [3.8, 4) is 0 Å². The standard InChI is InChI=1S/C16H25N5O/c1-12-11-14(21-9-3-2-4-10-21)20-16(19-12)18-8-7-17-15(22)13-5-6-13/h11,13H,2-10H2,1H3,(H,17,22)(H,18,19,20). The number of carbonyl (C=O) groups excluding carboxylic acids is 1. The monoisotopic (exact) mass is 303 g/mol. The summed E-state index contributed by atoms with van der Waals surface area (Å²) in [4.78, 5) is 22.9. The number of anilines is 2. The third-order valence-corrected chi connectivity index (χ3v) is 4.18. The molecule has 0 atom stereocenters. The second-order valence-electron chi connectivity index (χ2n) is 6.23. The van der Waals surface area contributed by atoms with Crippen LogP contribution in [0, 0.1) is 12.8 Å². The minimum Gasteiger partial charge on any atom is -0.356 e. The average molecular weight is 303 g/mol. The Morgan fingerprint density at radius 3 is 2.73 bits per heavy atom. The Kier molecular flexibility index (Phi) is 4.75. The van der Waals surface area contributed by atoms with E-state index in [0.717, 1.165) is 37.4 Å². The summed E-state index contributed by atoms with van der Waals surface area (Å²) in [6, 6.07) is 2.05. The molecule has 1 aromatic rings. The van der Waals surface area contributed by atoms with Crippen LogP contribution in [0.2, 0.25) is 0 Å². The number of piperidine rings is 1. The van der Waals surface area contributed by atoms with Gasteiger partial charge in [0.1, 0.15) is 5.82 Å². The van der Waals surface area contributed by atoms with E-state index in [1.807, 2.05) is 13.0 Å². The number of aromatic nitrogens is 2. The molecule has 1 saturated carbocycles. The molecule has 1 aliphatic heterocycles. The van der Waals surface area contributed by atoms with Crippen molar-refractivity contribution in [1.29, 1.82) is 0 Å². The Bertz CT molecular complexity index is 523. The summed E-state index contributed by atoms with van der Waals surface area (Å²) >= 11 is 0. The Labute approximate surface area is 131 Å². The topological polar surface area (TPSA) is 70.2 Å². The molecule has 3 rings (SSSR count). The summed E-state index contributed by atoms with van der Waals surface area (Å²) in [5.41, 5.74) is 0.972. The van der Waals surface area contributed by atoms with Gasteiger partial charge in [0.05, 0.1) is 0 Å². The summed E-state index contributed by atoms with van der Waals surface area (Å²) in [6.45, 7) is 5.42. The highest BCUT2D eigenvalue weighted by atomic mass is 16.2. The molecule has 1 aromatic heterocycles. The molecule has 0 unspecified atom stereocenters.